The highest BCUT2D eigenvalue weighted by Crippen LogP contribution is 2.30. The number of rotatable bonds is 7. The van der Waals surface area contributed by atoms with E-state index < -0.39 is 10.8 Å². The molecule has 150 valence electrons. The fourth-order valence-electron chi connectivity index (χ4n) is 2.65. The van der Waals surface area contributed by atoms with Crippen LogP contribution in [0, 0.1) is 11.3 Å². The van der Waals surface area contributed by atoms with Crippen LogP contribution in [0.3, 0.4) is 0 Å². The van der Waals surface area contributed by atoms with Gasteiger partial charge in [-0.3, -0.25) is 9.19 Å². The van der Waals surface area contributed by atoms with Crippen molar-refractivity contribution in [2.24, 2.45) is 0 Å². The maximum Gasteiger partial charge on any atom is 0.227 e. The Labute approximate surface area is 172 Å². The van der Waals surface area contributed by atoms with Gasteiger partial charge < -0.3 is 10.1 Å². The van der Waals surface area contributed by atoms with Gasteiger partial charge in [-0.25, -0.2) is 9.97 Å². The second-order valence-electron chi connectivity index (χ2n) is 7.09. The second kappa shape index (κ2) is 8.97. The van der Waals surface area contributed by atoms with Gasteiger partial charge in [-0.15, -0.1) is 0 Å². The van der Waals surface area contributed by atoms with E-state index in [-0.39, 0.29) is 11.4 Å². The van der Waals surface area contributed by atoms with Crippen molar-refractivity contribution in [3.8, 4) is 11.8 Å². The van der Waals surface area contributed by atoms with Crippen molar-refractivity contribution in [1.82, 2.24) is 15.0 Å². The highest BCUT2D eigenvalue weighted by Gasteiger charge is 2.14. The predicted molar refractivity (Wildman–Crippen MR) is 115 cm³/mol. The maximum atomic E-state index is 12.1. The summed E-state index contributed by atoms with van der Waals surface area (Å²) in [4.78, 5) is 13.2. The van der Waals surface area contributed by atoms with Crippen LogP contribution in [-0.4, -0.2) is 30.5 Å². The molecule has 8 heteroatoms. The van der Waals surface area contributed by atoms with Gasteiger partial charge in [0.25, 0.3) is 0 Å². The molecular weight excluding hydrogens is 386 g/mol. The Morgan fingerprint density at radius 3 is 2.69 bits per heavy atom. The van der Waals surface area contributed by atoms with E-state index in [9.17, 15) is 9.47 Å². The molecule has 29 heavy (non-hydrogen) atoms. The average Bonchev–Trinajstić information content (AvgIpc) is 2.68. The minimum Gasteiger partial charge on any atom is -0.487 e. The molecule has 0 aliphatic carbocycles. The van der Waals surface area contributed by atoms with Crippen molar-refractivity contribution in [2.75, 3.05) is 5.32 Å². The third kappa shape index (κ3) is 5.06. The van der Waals surface area contributed by atoms with Crippen molar-refractivity contribution < 1.29 is 8.95 Å². The number of hydrogen-bond acceptors (Lipinski definition) is 7. The molecule has 0 aliphatic heterocycles. The highest BCUT2D eigenvalue weighted by molar-refractivity contribution is 7.84. The molecule has 3 aromatic rings. The number of nitrogens with one attached hydrogen (secondary N) is 1. The summed E-state index contributed by atoms with van der Waals surface area (Å²) in [7, 11) is -0.977. The monoisotopic (exact) mass is 409 g/mol. The van der Waals surface area contributed by atoms with Crippen molar-refractivity contribution in [2.45, 2.75) is 44.8 Å². The van der Waals surface area contributed by atoms with Crippen LogP contribution >= 0.6 is 0 Å². The molecule has 2 heterocycles. The summed E-state index contributed by atoms with van der Waals surface area (Å²) >= 11 is 0. The van der Waals surface area contributed by atoms with E-state index in [0.717, 1.165) is 16.8 Å². The molecule has 1 aromatic carbocycles. The molecule has 0 aliphatic rings. The van der Waals surface area contributed by atoms with Crippen LogP contribution in [0.2, 0.25) is 0 Å². The lowest BCUT2D eigenvalue weighted by atomic mass is 10.1. The third-order valence-electron chi connectivity index (χ3n) is 4.07. The first-order valence-electron chi connectivity index (χ1n) is 9.33. The van der Waals surface area contributed by atoms with Crippen LogP contribution < -0.4 is 10.1 Å². The van der Waals surface area contributed by atoms with E-state index in [1.807, 2.05) is 33.8 Å². The quantitative estimate of drug-likeness (QED) is 0.627. The molecule has 0 saturated heterocycles. The number of fused-ring (bicyclic) bond motifs is 1. The smallest absolute Gasteiger partial charge is 0.227 e. The van der Waals surface area contributed by atoms with Crippen LogP contribution in [-0.2, 0) is 16.6 Å². The molecule has 1 N–H and O–H groups in total. The molecule has 1 unspecified atom stereocenters. The second-order valence-corrected chi connectivity index (χ2v) is 9.08. The first kappa shape index (κ1) is 20.7. The number of pyridine rings is 1. The maximum absolute atomic E-state index is 12.1. The van der Waals surface area contributed by atoms with E-state index in [0.29, 0.717) is 28.5 Å². The lowest BCUT2D eigenvalue weighted by Crippen LogP contribution is -2.09. The van der Waals surface area contributed by atoms with Crippen LogP contribution in [0.4, 0.5) is 11.6 Å². The number of aromatic nitrogens is 3. The van der Waals surface area contributed by atoms with Gasteiger partial charge in [0.2, 0.25) is 5.95 Å². The molecule has 1 atom stereocenters. The Balaban J connectivity index is 1.93. The summed E-state index contributed by atoms with van der Waals surface area (Å²) in [5, 5.41) is 13.4. The van der Waals surface area contributed by atoms with Gasteiger partial charge in [-0.2, -0.15) is 5.26 Å². The molecular formula is C21H23N5O2S. The Morgan fingerprint density at radius 2 is 2.00 bits per heavy atom. The van der Waals surface area contributed by atoms with Gasteiger partial charge in [-0.05, 0) is 38.1 Å². The van der Waals surface area contributed by atoms with Crippen molar-refractivity contribution >= 4 is 33.3 Å². The summed E-state index contributed by atoms with van der Waals surface area (Å²) in [6, 6.07) is 9.30. The van der Waals surface area contributed by atoms with E-state index >= 15 is 0 Å². The van der Waals surface area contributed by atoms with Gasteiger partial charge in [0.15, 0.2) is 5.75 Å². The molecule has 3 rings (SSSR count). The summed E-state index contributed by atoms with van der Waals surface area (Å²) in [5.41, 5.74) is 2.49. The van der Waals surface area contributed by atoms with Gasteiger partial charge in [0, 0.05) is 39.5 Å². The van der Waals surface area contributed by atoms with Crippen LogP contribution in [0.5, 0.6) is 5.75 Å². The van der Waals surface area contributed by atoms with Gasteiger partial charge in [0.1, 0.15) is 11.6 Å². The first-order valence-corrected chi connectivity index (χ1v) is 10.7. The standard InChI is InChI=1S/C21H23N5O2S/c1-13(2)28-20-15(10-22)5-6-16-11-24-21(26-19(16)20)25-17-7-8-23-18(9-17)12-29(27)14(3)4/h5-9,11,13-14H,12H2,1-4H3,(H,23,24,25,26). The molecule has 2 aromatic heterocycles. The summed E-state index contributed by atoms with van der Waals surface area (Å²) < 4.78 is 18.0. The predicted octanol–water partition coefficient (Wildman–Crippen LogP) is 4.08. The third-order valence-corrected chi connectivity index (χ3v) is 5.70. The Bertz CT molecular complexity index is 1090. The highest BCUT2D eigenvalue weighted by atomic mass is 32.2. The Morgan fingerprint density at radius 1 is 1.21 bits per heavy atom. The molecule has 7 nitrogen and oxygen atoms in total. The zero-order valence-electron chi connectivity index (χ0n) is 16.8. The van der Waals surface area contributed by atoms with E-state index in [1.165, 1.54) is 0 Å². The first-order chi connectivity index (χ1) is 13.9. The van der Waals surface area contributed by atoms with Gasteiger partial charge in [0.05, 0.1) is 23.1 Å². The Kier molecular flexibility index (Phi) is 6.39. The number of nitrogens with zero attached hydrogens (tertiary/aromatic N) is 4. The normalized spacial score (nSPS) is 12.2. The molecule has 0 spiro atoms. The number of nitriles is 1. The number of anilines is 2. The fourth-order valence-corrected chi connectivity index (χ4v) is 3.43. The number of hydrogen-bond donors (Lipinski definition) is 1. The molecule has 0 fully saturated rings. The minimum atomic E-state index is -0.977. The fraction of sp³-hybridized carbons (Fsp3) is 0.333. The largest absolute Gasteiger partial charge is 0.487 e. The van der Waals surface area contributed by atoms with E-state index in [1.54, 1.807) is 30.6 Å². The van der Waals surface area contributed by atoms with Crippen LogP contribution in [0.1, 0.15) is 39.0 Å². The average molecular weight is 410 g/mol. The van der Waals surface area contributed by atoms with Crippen molar-refractivity contribution in [3.05, 3.63) is 47.9 Å². The molecule has 0 radical (unpaired) electrons. The van der Waals surface area contributed by atoms with Gasteiger partial charge >= 0.3 is 0 Å². The molecule has 0 amide bonds. The lowest BCUT2D eigenvalue weighted by Gasteiger charge is -2.14. The summed E-state index contributed by atoms with van der Waals surface area (Å²) in [6.45, 7) is 7.65. The topological polar surface area (TPSA) is 101 Å². The Hall–Kier alpha value is -3.05. The summed E-state index contributed by atoms with van der Waals surface area (Å²) in [6.07, 6.45) is 3.26. The van der Waals surface area contributed by atoms with Gasteiger partial charge in [-0.1, -0.05) is 13.8 Å². The van der Waals surface area contributed by atoms with E-state index in [4.69, 9.17) is 4.74 Å². The van der Waals surface area contributed by atoms with Crippen molar-refractivity contribution in [1.29, 1.82) is 5.26 Å². The SMILES string of the molecule is CC(C)Oc1c(C#N)ccc2cnc(Nc3ccnc(CS(=O)C(C)C)c3)nc12. The van der Waals surface area contributed by atoms with Crippen molar-refractivity contribution in [3.63, 3.8) is 0 Å². The molecule has 0 saturated carbocycles. The minimum absolute atomic E-state index is 0.0749. The number of ether oxygens (including phenoxy) is 1. The van der Waals surface area contributed by atoms with Crippen LogP contribution in [0.15, 0.2) is 36.7 Å². The van der Waals surface area contributed by atoms with Crippen LogP contribution in [0.25, 0.3) is 10.9 Å². The van der Waals surface area contributed by atoms with E-state index in [2.05, 4.69) is 26.3 Å². The molecule has 0 bridgehead atoms. The lowest BCUT2D eigenvalue weighted by molar-refractivity contribution is 0.244. The zero-order valence-corrected chi connectivity index (χ0v) is 17.7. The summed E-state index contributed by atoms with van der Waals surface area (Å²) in [5.74, 6) is 1.22. The number of benzene rings is 1. The zero-order chi connectivity index (χ0) is 21.0.